The van der Waals surface area contributed by atoms with Gasteiger partial charge in [0.1, 0.15) is 29.9 Å². The summed E-state index contributed by atoms with van der Waals surface area (Å²) in [6.45, 7) is 2.73. The highest BCUT2D eigenvalue weighted by molar-refractivity contribution is 8.00. The van der Waals surface area contributed by atoms with Gasteiger partial charge in [0.05, 0.1) is 0 Å². The van der Waals surface area contributed by atoms with Crippen molar-refractivity contribution in [3.8, 4) is 0 Å². The minimum absolute atomic E-state index is 0.202. The van der Waals surface area contributed by atoms with Gasteiger partial charge in [0, 0.05) is 18.2 Å². The van der Waals surface area contributed by atoms with Crippen LogP contribution in [0.2, 0.25) is 0 Å². The molecule has 2 aliphatic heterocycles. The summed E-state index contributed by atoms with van der Waals surface area (Å²) in [4.78, 5) is 50.7. The number of hydrogen-bond donors (Lipinski definition) is 0. The molecule has 2 aliphatic rings. The molecule has 46 heavy (non-hydrogen) atoms. The molecule has 2 amide bonds. The minimum Gasteiger partial charge on any atom is -0.461 e. The van der Waals surface area contributed by atoms with E-state index in [4.69, 9.17) is 44.3 Å². The van der Waals surface area contributed by atoms with Crippen LogP contribution in [0.1, 0.15) is 27.7 Å². The third-order valence-corrected chi connectivity index (χ3v) is 9.00. The van der Waals surface area contributed by atoms with Gasteiger partial charge in [0.2, 0.25) is 3.79 Å². The Morgan fingerprint density at radius 1 is 0.957 bits per heavy atom. The predicted molar refractivity (Wildman–Crippen MR) is 140 cm³/mol. The smallest absolute Gasteiger partial charge is 0.460 e. The molecule has 0 radical (unpaired) electrons. The summed E-state index contributed by atoms with van der Waals surface area (Å²) < 4.78 is 159. The average molecular weight is 786 g/mol. The average Bonchev–Trinajstić information content (AvgIpc) is 2.85. The molecule has 1 fully saturated rings. The molecule has 0 aromatic carbocycles. The van der Waals surface area contributed by atoms with Crippen molar-refractivity contribution in [1.29, 1.82) is 0 Å². The van der Waals surface area contributed by atoms with Crippen molar-refractivity contribution in [2.75, 3.05) is 19.0 Å². The number of carbonyl (C=O) groups is 4. The first-order valence-electron chi connectivity index (χ1n) is 11.8. The number of fused-ring (bicyclic) bond motifs is 1. The van der Waals surface area contributed by atoms with Gasteiger partial charge in [-0.3, -0.25) is 14.5 Å². The van der Waals surface area contributed by atoms with Crippen LogP contribution < -0.4 is 0 Å². The normalized spacial score (nSPS) is 20.1. The molecule has 0 spiro atoms. The number of halogens is 12. The highest BCUT2D eigenvalue weighted by atomic mass is 35.6. The molecule has 0 aromatic rings. The molecular weight excluding hydrogens is 766 g/mol. The molecule has 264 valence electrons. The second kappa shape index (κ2) is 12.8. The first-order valence-corrected chi connectivity index (χ1v) is 15.5. The Morgan fingerprint density at radius 2 is 1.48 bits per heavy atom. The molecule has 0 N–H and O–H groups in total. The quantitative estimate of drug-likeness (QED) is 0.103. The SMILES string of the molecule is CC(=O)OCC1=C(C(=O)OC(C)(C)C)N2C(=O)[C@@H](N(C(=O)OCC(Cl)(Cl)Cl)S(=O)(=O)C(F)(F)C(F)(F)C(F)(F)C(F)(F)F)[C@H]2SC1. The van der Waals surface area contributed by atoms with Crippen LogP contribution in [0.3, 0.4) is 0 Å². The van der Waals surface area contributed by atoms with E-state index in [1.54, 1.807) is 0 Å². The summed E-state index contributed by atoms with van der Waals surface area (Å²) >= 11 is 16.3. The van der Waals surface area contributed by atoms with Crippen molar-refractivity contribution < 1.29 is 81.3 Å². The fourth-order valence-corrected chi connectivity index (χ4v) is 6.64. The molecule has 1 saturated heterocycles. The predicted octanol–water partition coefficient (Wildman–Crippen LogP) is 4.99. The summed E-state index contributed by atoms with van der Waals surface area (Å²) in [6, 6.07) is -2.95. The van der Waals surface area contributed by atoms with E-state index < -0.39 is 107 Å². The number of rotatable bonds is 9. The lowest BCUT2D eigenvalue weighted by atomic mass is 10.0. The maximum absolute atomic E-state index is 14.9. The number of thioether (sulfide) groups is 1. The Hall–Kier alpha value is -2.04. The zero-order chi connectivity index (χ0) is 36.2. The van der Waals surface area contributed by atoms with Gasteiger partial charge in [-0.25, -0.2) is 9.59 Å². The van der Waals surface area contributed by atoms with Gasteiger partial charge < -0.3 is 14.2 Å². The highest BCUT2D eigenvalue weighted by Crippen LogP contribution is 2.56. The molecule has 0 saturated carbocycles. The number of hydrogen-bond acceptors (Lipinski definition) is 10. The lowest BCUT2D eigenvalue weighted by Gasteiger charge is -2.52. The van der Waals surface area contributed by atoms with Crippen LogP contribution in [0.15, 0.2) is 11.3 Å². The lowest BCUT2D eigenvalue weighted by Crippen LogP contribution is -2.75. The Labute approximate surface area is 272 Å². The largest absolute Gasteiger partial charge is 0.461 e. The van der Waals surface area contributed by atoms with E-state index in [-0.39, 0.29) is 5.57 Å². The van der Waals surface area contributed by atoms with Crippen LogP contribution in [0.4, 0.5) is 44.3 Å². The second-order valence-corrected chi connectivity index (χ2v) is 15.7. The lowest BCUT2D eigenvalue weighted by molar-refractivity contribution is -0.382. The fraction of sp³-hybridized carbons (Fsp3) is 0.714. The first-order chi connectivity index (χ1) is 20.3. The van der Waals surface area contributed by atoms with Crippen molar-refractivity contribution in [3.05, 3.63) is 11.3 Å². The van der Waals surface area contributed by atoms with Crippen LogP contribution in [0, 0.1) is 0 Å². The van der Waals surface area contributed by atoms with Crippen molar-refractivity contribution in [3.63, 3.8) is 0 Å². The van der Waals surface area contributed by atoms with Crippen LogP contribution in [-0.2, 0) is 38.6 Å². The molecule has 2 atom stereocenters. The van der Waals surface area contributed by atoms with Crippen LogP contribution in [-0.4, -0.2) is 105 Å². The third kappa shape index (κ3) is 7.49. The summed E-state index contributed by atoms with van der Waals surface area (Å²) in [7, 11) is -7.81. The number of β-lactam (4-membered cyclic amide) rings is 1. The van der Waals surface area contributed by atoms with Crippen molar-refractivity contribution in [1.82, 2.24) is 9.21 Å². The zero-order valence-electron chi connectivity index (χ0n) is 23.2. The number of nitrogens with zero attached hydrogens (tertiary/aromatic N) is 2. The highest BCUT2D eigenvalue weighted by Gasteiger charge is 2.86. The van der Waals surface area contributed by atoms with Gasteiger partial charge in [-0.1, -0.05) is 34.8 Å². The van der Waals surface area contributed by atoms with E-state index in [1.807, 2.05) is 0 Å². The molecule has 2 heterocycles. The Morgan fingerprint density at radius 3 is 1.91 bits per heavy atom. The fourth-order valence-electron chi connectivity index (χ4n) is 3.58. The monoisotopic (exact) mass is 784 g/mol. The van der Waals surface area contributed by atoms with E-state index in [9.17, 15) is 67.1 Å². The Bertz CT molecular complexity index is 1420. The Balaban J connectivity index is 2.74. The molecule has 25 heteroatoms. The van der Waals surface area contributed by atoms with Crippen LogP contribution >= 0.6 is 46.6 Å². The van der Waals surface area contributed by atoms with E-state index in [1.165, 1.54) is 20.8 Å². The van der Waals surface area contributed by atoms with E-state index in [2.05, 4.69) is 4.74 Å². The summed E-state index contributed by atoms with van der Waals surface area (Å²) in [6.07, 6.45) is -10.2. The topological polar surface area (TPSA) is 137 Å². The summed E-state index contributed by atoms with van der Waals surface area (Å²) in [5.41, 5.74) is -2.28. The minimum atomic E-state index is -7.81. The Kier molecular flexibility index (Phi) is 11.1. The van der Waals surface area contributed by atoms with E-state index in [0.29, 0.717) is 16.7 Å². The maximum Gasteiger partial charge on any atom is 0.460 e. The van der Waals surface area contributed by atoms with Gasteiger partial charge in [0.15, 0.2) is 6.04 Å². The molecular formula is C21H20Cl3F9N2O9S2. The van der Waals surface area contributed by atoms with Crippen LogP contribution in [0.5, 0.6) is 0 Å². The molecule has 0 aliphatic carbocycles. The van der Waals surface area contributed by atoms with Gasteiger partial charge in [-0.2, -0.15) is 52.2 Å². The van der Waals surface area contributed by atoms with Crippen LogP contribution in [0.25, 0.3) is 0 Å². The number of ether oxygens (including phenoxy) is 3. The number of esters is 2. The van der Waals surface area contributed by atoms with Gasteiger partial charge in [0.25, 0.3) is 5.91 Å². The van der Waals surface area contributed by atoms with Crippen molar-refractivity contribution in [2.24, 2.45) is 0 Å². The molecule has 0 aromatic heterocycles. The van der Waals surface area contributed by atoms with Crippen molar-refractivity contribution >= 4 is 80.5 Å². The summed E-state index contributed by atoms with van der Waals surface area (Å²) in [5.74, 6) is -20.2. The zero-order valence-corrected chi connectivity index (χ0v) is 27.1. The summed E-state index contributed by atoms with van der Waals surface area (Å²) in [5, 5.41) is -9.51. The maximum atomic E-state index is 14.9. The van der Waals surface area contributed by atoms with E-state index >= 15 is 0 Å². The number of carbonyl (C=O) groups excluding carboxylic acids is 4. The van der Waals surface area contributed by atoms with Gasteiger partial charge in [-0.15, -0.1) is 11.8 Å². The molecule has 11 nitrogen and oxygen atoms in total. The van der Waals surface area contributed by atoms with E-state index in [0.717, 1.165) is 6.92 Å². The molecule has 0 bridgehead atoms. The van der Waals surface area contributed by atoms with Gasteiger partial charge >= 0.3 is 51.3 Å². The van der Waals surface area contributed by atoms with Gasteiger partial charge in [-0.05, 0) is 20.8 Å². The standard InChI is InChI=1S/C21H20Cl3F9N2O9S2/c1-8(36)42-5-9-6-45-13-11(12(37)34(13)10(9)14(38)44-16(2,3)4)35(15(39)43-7-17(22,23)24)46(40,41)21(32,33)19(27,28)18(25,26)20(29,30)31/h11,13H,5-7H2,1-4H3/t11-,13-/m1/s1. The molecule has 0 unspecified atom stereocenters. The first kappa shape index (κ1) is 40.1. The number of sulfonamides is 1. The second-order valence-electron chi connectivity index (χ2n) is 10.2. The van der Waals surface area contributed by atoms with Crippen molar-refractivity contribution in [2.45, 2.75) is 71.8 Å². The number of amides is 2. The third-order valence-electron chi connectivity index (χ3n) is 5.55. The molecule has 2 rings (SSSR count). The number of alkyl halides is 12.